The predicted octanol–water partition coefficient (Wildman–Crippen LogP) is 5.08. The van der Waals surface area contributed by atoms with E-state index in [-0.39, 0.29) is 5.82 Å². The molecule has 0 fully saturated rings. The fraction of sp³-hybridized carbons (Fsp3) is 0.263. The molecule has 0 radical (unpaired) electrons. The van der Waals surface area contributed by atoms with Gasteiger partial charge in [0, 0.05) is 5.75 Å². The van der Waals surface area contributed by atoms with E-state index < -0.39 is 0 Å². The van der Waals surface area contributed by atoms with Crippen LogP contribution in [0.1, 0.15) is 25.3 Å². The van der Waals surface area contributed by atoms with Crippen LogP contribution >= 0.6 is 11.8 Å². The van der Waals surface area contributed by atoms with Crippen LogP contribution in [0.3, 0.4) is 0 Å². The fourth-order valence-corrected chi connectivity index (χ4v) is 3.03. The lowest BCUT2D eigenvalue weighted by Crippen LogP contribution is -1.98. The number of aromatic amines is 1. The third kappa shape index (κ3) is 4.82. The van der Waals surface area contributed by atoms with Gasteiger partial charge in [-0.25, -0.2) is 9.37 Å². The van der Waals surface area contributed by atoms with E-state index in [1.165, 1.54) is 23.9 Å². The van der Waals surface area contributed by atoms with E-state index in [1.54, 1.807) is 12.1 Å². The second-order valence-electron chi connectivity index (χ2n) is 5.58. The van der Waals surface area contributed by atoms with Gasteiger partial charge in [-0.3, -0.25) is 5.10 Å². The van der Waals surface area contributed by atoms with Crippen LogP contribution in [0.5, 0.6) is 5.75 Å². The average molecular weight is 357 g/mol. The molecule has 0 atom stereocenters. The summed E-state index contributed by atoms with van der Waals surface area (Å²) in [5.74, 6) is 1.95. The Morgan fingerprint density at radius 3 is 2.72 bits per heavy atom. The Morgan fingerprint density at radius 1 is 1.12 bits per heavy atom. The number of aromatic nitrogens is 3. The second-order valence-corrected chi connectivity index (χ2v) is 6.52. The van der Waals surface area contributed by atoms with E-state index in [9.17, 15) is 4.39 Å². The summed E-state index contributed by atoms with van der Waals surface area (Å²) in [5.41, 5.74) is 1.93. The number of H-pyrrole nitrogens is 1. The molecule has 130 valence electrons. The predicted molar refractivity (Wildman–Crippen MR) is 98.2 cm³/mol. The number of para-hydroxylation sites is 1. The molecule has 3 rings (SSSR count). The average Bonchev–Trinajstić information content (AvgIpc) is 3.11. The van der Waals surface area contributed by atoms with Gasteiger partial charge in [-0.05, 0) is 36.2 Å². The summed E-state index contributed by atoms with van der Waals surface area (Å²) < 4.78 is 18.8. The van der Waals surface area contributed by atoms with Crippen molar-refractivity contribution in [1.29, 1.82) is 0 Å². The molecular formula is C19H20FN3OS. The quantitative estimate of drug-likeness (QED) is 0.451. The van der Waals surface area contributed by atoms with Crippen molar-refractivity contribution >= 4 is 11.8 Å². The van der Waals surface area contributed by atoms with E-state index in [4.69, 9.17) is 4.74 Å². The topological polar surface area (TPSA) is 50.8 Å². The normalized spacial score (nSPS) is 10.8. The number of nitrogens with zero attached hydrogens (tertiary/aromatic N) is 2. The fourth-order valence-electron chi connectivity index (χ4n) is 2.27. The van der Waals surface area contributed by atoms with E-state index >= 15 is 0 Å². The van der Waals surface area contributed by atoms with Crippen LogP contribution < -0.4 is 4.74 Å². The third-order valence-electron chi connectivity index (χ3n) is 3.64. The molecule has 0 amide bonds. The first kappa shape index (κ1) is 17.5. The van der Waals surface area contributed by atoms with Crippen LogP contribution in [0.4, 0.5) is 4.39 Å². The number of unbranched alkanes of at least 4 members (excludes halogenated alkanes) is 1. The summed E-state index contributed by atoms with van der Waals surface area (Å²) >= 11 is 1.51. The maximum absolute atomic E-state index is 12.9. The molecule has 2 aromatic carbocycles. The first-order chi connectivity index (χ1) is 12.3. The van der Waals surface area contributed by atoms with Gasteiger partial charge in [0.15, 0.2) is 5.82 Å². The molecule has 6 heteroatoms. The van der Waals surface area contributed by atoms with Crippen LogP contribution in [0, 0.1) is 5.82 Å². The highest BCUT2D eigenvalue weighted by atomic mass is 32.2. The summed E-state index contributed by atoms with van der Waals surface area (Å²) in [6, 6.07) is 14.3. The third-order valence-corrected chi connectivity index (χ3v) is 4.56. The highest BCUT2D eigenvalue weighted by molar-refractivity contribution is 7.98. The van der Waals surface area contributed by atoms with Gasteiger partial charge in [0.2, 0.25) is 5.16 Å². The molecule has 25 heavy (non-hydrogen) atoms. The lowest BCUT2D eigenvalue weighted by molar-refractivity contribution is 0.310. The first-order valence-electron chi connectivity index (χ1n) is 8.28. The zero-order valence-corrected chi connectivity index (χ0v) is 14.9. The number of hydrogen-bond acceptors (Lipinski definition) is 4. The monoisotopic (exact) mass is 357 g/mol. The maximum Gasteiger partial charge on any atom is 0.209 e. The molecule has 0 unspecified atom stereocenters. The van der Waals surface area contributed by atoms with Gasteiger partial charge < -0.3 is 4.74 Å². The minimum absolute atomic E-state index is 0.228. The van der Waals surface area contributed by atoms with E-state index in [0.29, 0.717) is 23.3 Å². The largest absolute Gasteiger partial charge is 0.493 e. The molecule has 1 N–H and O–H groups in total. The molecule has 3 aromatic rings. The van der Waals surface area contributed by atoms with E-state index in [1.807, 2.05) is 24.3 Å². The van der Waals surface area contributed by atoms with Gasteiger partial charge >= 0.3 is 0 Å². The minimum Gasteiger partial charge on any atom is -0.493 e. The number of ether oxygens (including phenoxy) is 1. The van der Waals surface area contributed by atoms with Gasteiger partial charge in [0.1, 0.15) is 11.6 Å². The van der Waals surface area contributed by atoms with Crippen molar-refractivity contribution in [2.45, 2.75) is 30.7 Å². The maximum atomic E-state index is 12.9. The zero-order valence-electron chi connectivity index (χ0n) is 14.0. The molecule has 4 nitrogen and oxygen atoms in total. The van der Waals surface area contributed by atoms with Crippen LogP contribution in [-0.4, -0.2) is 21.8 Å². The SMILES string of the molecule is CCCCOc1ccccc1-c1nc(SCc2ccc(F)cc2)n[nH]1. The summed E-state index contributed by atoms with van der Waals surface area (Å²) in [7, 11) is 0. The molecule has 0 saturated carbocycles. The molecule has 0 aliphatic carbocycles. The van der Waals surface area contributed by atoms with Crippen LogP contribution in [0.2, 0.25) is 0 Å². The molecule has 0 aliphatic rings. The van der Waals surface area contributed by atoms with Crippen molar-refractivity contribution in [2.24, 2.45) is 0 Å². The molecule has 0 bridgehead atoms. The highest BCUT2D eigenvalue weighted by Crippen LogP contribution is 2.29. The molecule has 0 aliphatic heterocycles. The smallest absolute Gasteiger partial charge is 0.209 e. The molecule has 0 spiro atoms. The van der Waals surface area contributed by atoms with Crippen molar-refractivity contribution in [1.82, 2.24) is 15.2 Å². The first-order valence-corrected chi connectivity index (χ1v) is 9.26. The van der Waals surface area contributed by atoms with Crippen molar-refractivity contribution < 1.29 is 9.13 Å². The second kappa shape index (κ2) is 8.67. The Hall–Kier alpha value is -2.34. The van der Waals surface area contributed by atoms with Crippen molar-refractivity contribution in [2.75, 3.05) is 6.61 Å². The van der Waals surface area contributed by atoms with Crippen LogP contribution in [0.15, 0.2) is 53.7 Å². The molecular weight excluding hydrogens is 337 g/mol. The number of rotatable bonds is 8. The number of hydrogen-bond donors (Lipinski definition) is 1. The summed E-state index contributed by atoms with van der Waals surface area (Å²) in [6.45, 7) is 2.82. The van der Waals surface area contributed by atoms with Crippen LogP contribution in [0.25, 0.3) is 11.4 Å². The summed E-state index contributed by atoms with van der Waals surface area (Å²) in [4.78, 5) is 4.54. The number of halogens is 1. The Kier molecular flexibility index (Phi) is 6.06. The molecule has 0 saturated heterocycles. The van der Waals surface area contributed by atoms with Crippen molar-refractivity contribution in [3.63, 3.8) is 0 Å². The zero-order chi connectivity index (χ0) is 17.5. The minimum atomic E-state index is -0.228. The lowest BCUT2D eigenvalue weighted by atomic mass is 10.2. The Bertz CT molecular complexity index is 804. The molecule has 1 heterocycles. The van der Waals surface area contributed by atoms with E-state index in [0.717, 1.165) is 29.7 Å². The standard InChI is InChI=1S/C19H20FN3OS/c1-2-3-12-24-17-7-5-4-6-16(17)18-21-19(23-22-18)25-13-14-8-10-15(20)11-9-14/h4-11H,2-3,12-13H2,1H3,(H,21,22,23). The van der Waals surface area contributed by atoms with Crippen LogP contribution in [-0.2, 0) is 5.75 Å². The van der Waals surface area contributed by atoms with Gasteiger partial charge in [-0.2, -0.15) is 0 Å². The Morgan fingerprint density at radius 2 is 1.92 bits per heavy atom. The number of benzene rings is 2. The van der Waals surface area contributed by atoms with E-state index in [2.05, 4.69) is 22.1 Å². The summed E-state index contributed by atoms with van der Waals surface area (Å²) in [6.07, 6.45) is 2.11. The van der Waals surface area contributed by atoms with Crippen molar-refractivity contribution in [3.05, 3.63) is 59.9 Å². The van der Waals surface area contributed by atoms with Gasteiger partial charge in [-0.15, -0.1) is 5.10 Å². The van der Waals surface area contributed by atoms with Gasteiger partial charge in [0.05, 0.1) is 12.2 Å². The van der Waals surface area contributed by atoms with Gasteiger partial charge in [-0.1, -0.05) is 49.4 Å². The summed E-state index contributed by atoms with van der Waals surface area (Å²) in [5, 5.41) is 7.89. The lowest BCUT2D eigenvalue weighted by Gasteiger charge is -2.08. The Balaban J connectivity index is 1.67. The van der Waals surface area contributed by atoms with Gasteiger partial charge in [0.25, 0.3) is 0 Å². The molecule has 1 aromatic heterocycles. The number of nitrogens with one attached hydrogen (secondary N) is 1. The van der Waals surface area contributed by atoms with Crippen molar-refractivity contribution in [3.8, 4) is 17.1 Å². The highest BCUT2D eigenvalue weighted by Gasteiger charge is 2.11. The Labute approximate surface area is 150 Å². The number of thioether (sulfide) groups is 1.